The normalized spacial score (nSPS) is 11.0. The molecular weight excluding hydrogens is 450 g/mol. The maximum atomic E-state index is 12.4. The molecule has 188 valence electrons. The van der Waals surface area contributed by atoms with Gasteiger partial charge in [0.05, 0.1) is 31.2 Å². The molecule has 1 amide bonds. The first-order chi connectivity index (χ1) is 17.5. The highest BCUT2D eigenvalue weighted by molar-refractivity contribution is 5.78. The average Bonchev–Trinajstić information content (AvgIpc) is 3.23. The zero-order chi connectivity index (χ0) is 25.3. The molecule has 0 bridgehead atoms. The van der Waals surface area contributed by atoms with Gasteiger partial charge in [0.15, 0.2) is 0 Å². The van der Waals surface area contributed by atoms with Gasteiger partial charge in [0, 0.05) is 19.5 Å². The molecule has 6 nitrogen and oxygen atoms in total. The number of amides is 1. The number of fused-ring (bicyclic) bond motifs is 1. The highest BCUT2D eigenvalue weighted by Gasteiger charge is 2.11. The van der Waals surface area contributed by atoms with Gasteiger partial charge in [-0.25, -0.2) is 4.98 Å². The first kappa shape index (κ1) is 25.3. The molecule has 0 fully saturated rings. The smallest absolute Gasteiger partial charge is 0.224 e. The van der Waals surface area contributed by atoms with Crippen molar-refractivity contribution in [1.82, 2.24) is 14.9 Å². The molecule has 0 spiro atoms. The van der Waals surface area contributed by atoms with Crippen LogP contribution in [0.4, 0.5) is 0 Å². The van der Waals surface area contributed by atoms with Crippen LogP contribution in [-0.4, -0.2) is 35.7 Å². The van der Waals surface area contributed by atoms with Crippen LogP contribution in [0.15, 0.2) is 66.7 Å². The van der Waals surface area contributed by atoms with Crippen molar-refractivity contribution in [1.29, 1.82) is 0 Å². The van der Waals surface area contributed by atoms with Gasteiger partial charge in [0.2, 0.25) is 5.91 Å². The summed E-state index contributed by atoms with van der Waals surface area (Å²) in [5.74, 6) is 2.79. The number of imidazole rings is 1. The summed E-state index contributed by atoms with van der Waals surface area (Å²) >= 11 is 0. The molecule has 0 saturated heterocycles. The van der Waals surface area contributed by atoms with Crippen molar-refractivity contribution in [2.45, 2.75) is 46.1 Å². The van der Waals surface area contributed by atoms with E-state index in [1.807, 2.05) is 42.5 Å². The number of nitrogens with zero attached hydrogens (tertiary/aromatic N) is 2. The van der Waals surface area contributed by atoms with Crippen LogP contribution in [-0.2, 0) is 24.2 Å². The Bertz CT molecular complexity index is 1270. The van der Waals surface area contributed by atoms with Crippen LogP contribution in [0.2, 0.25) is 0 Å². The predicted octanol–water partition coefficient (Wildman–Crippen LogP) is 5.42. The fraction of sp³-hybridized carbons (Fsp3) is 0.333. The minimum Gasteiger partial charge on any atom is -0.497 e. The summed E-state index contributed by atoms with van der Waals surface area (Å²) in [5.41, 5.74) is 5.43. The van der Waals surface area contributed by atoms with Gasteiger partial charge >= 0.3 is 0 Å². The van der Waals surface area contributed by atoms with Crippen LogP contribution in [0.3, 0.4) is 0 Å². The third kappa shape index (κ3) is 6.45. The Balaban J connectivity index is 1.30. The number of hydrogen-bond donors (Lipinski definition) is 1. The zero-order valence-corrected chi connectivity index (χ0v) is 21.4. The Morgan fingerprint density at radius 2 is 1.69 bits per heavy atom. The molecule has 0 unspecified atom stereocenters. The zero-order valence-electron chi connectivity index (χ0n) is 21.4. The van der Waals surface area contributed by atoms with Crippen molar-refractivity contribution in [3.05, 3.63) is 89.2 Å². The topological polar surface area (TPSA) is 65.4 Å². The number of carbonyl (C=O) groups is 1. The van der Waals surface area contributed by atoms with Gasteiger partial charge in [-0.1, -0.05) is 42.5 Å². The Kier molecular flexibility index (Phi) is 8.61. The van der Waals surface area contributed by atoms with Gasteiger partial charge < -0.3 is 19.4 Å². The highest BCUT2D eigenvalue weighted by atomic mass is 16.5. The van der Waals surface area contributed by atoms with E-state index in [0.29, 0.717) is 26.0 Å². The van der Waals surface area contributed by atoms with Crippen LogP contribution in [0.1, 0.15) is 35.4 Å². The summed E-state index contributed by atoms with van der Waals surface area (Å²) in [6.07, 6.45) is 2.98. The molecule has 1 heterocycles. The molecule has 1 N–H and O–H groups in total. The van der Waals surface area contributed by atoms with Crippen molar-refractivity contribution in [2.24, 2.45) is 0 Å². The Morgan fingerprint density at radius 1 is 0.944 bits per heavy atom. The van der Waals surface area contributed by atoms with Crippen molar-refractivity contribution in [3.63, 3.8) is 0 Å². The van der Waals surface area contributed by atoms with Crippen molar-refractivity contribution in [3.8, 4) is 11.5 Å². The van der Waals surface area contributed by atoms with E-state index in [2.05, 4.69) is 48.0 Å². The van der Waals surface area contributed by atoms with E-state index >= 15 is 0 Å². The van der Waals surface area contributed by atoms with E-state index in [4.69, 9.17) is 14.5 Å². The predicted molar refractivity (Wildman–Crippen MR) is 144 cm³/mol. The highest BCUT2D eigenvalue weighted by Crippen LogP contribution is 2.23. The fourth-order valence-corrected chi connectivity index (χ4v) is 4.44. The monoisotopic (exact) mass is 485 g/mol. The largest absolute Gasteiger partial charge is 0.497 e. The minimum atomic E-state index is 0.00600. The summed E-state index contributed by atoms with van der Waals surface area (Å²) in [6, 6.07) is 22.0. The van der Waals surface area contributed by atoms with Crippen molar-refractivity contribution < 1.29 is 14.3 Å². The lowest BCUT2D eigenvalue weighted by atomic mass is 10.1. The van der Waals surface area contributed by atoms with E-state index < -0.39 is 0 Å². The standard InChI is InChI=1S/C30H35N3O3/c1-22-9-8-10-23(2)30(22)36-20-7-6-19-33-27-12-5-4-11-26(27)32-28(33)17-18-31-29(34)21-24-13-15-25(35-3)16-14-24/h4-5,8-16H,6-7,17-21H2,1-3H3,(H,31,34). The number of benzene rings is 3. The lowest BCUT2D eigenvalue weighted by Crippen LogP contribution is -2.28. The number of methoxy groups -OCH3 is 1. The number of aromatic nitrogens is 2. The molecule has 0 atom stereocenters. The Labute approximate surface area is 213 Å². The second-order valence-corrected chi connectivity index (χ2v) is 9.07. The van der Waals surface area contributed by atoms with Crippen LogP contribution < -0.4 is 14.8 Å². The molecule has 4 aromatic rings. The number of para-hydroxylation sites is 3. The molecule has 0 radical (unpaired) electrons. The average molecular weight is 486 g/mol. The lowest BCUT2D eigenvalue weighted by molar-refractivity contribution is -0.120. The van der Waals surface area contributed by atoms with E-state index in [9.17, 15) is 4.79 Å². The number of nitrogens with one attached hydrogen (secondary N) is 1. The maximum Gasteiger partial charge on any atom is 0.224 e. The summed E-state index contributed by atoms with van der Waals surface area (Å²) in [7, 11) is 1.63. The fourth-order valence-electron chi connectivity index (χ4n) is 4.44. The number of carbonyl (C=O) groups excluding carboxylic acids is 1. The summed E-state index contributed by atoms with van der Waals surface area (Å²) < 4.78 is 13.5. The number of unbranched alkanes of at least 4 members (excludes halogenated alkanes) is 1. The third-order valence-corrected chi connectivity index (χ3v) is 6.36. The number of aryl methyl sites for hydroxylation is 3. The minimum absolute atomic E-state index is 0.00600. The van der Waals surface area contributed by atoms with Gasteiger partial charge in [0.1, 0.15) is 17.3 Å². The van der Waals surface area contributed by atoms with Crippen LogP contribution in [0, 0.1) is 13.8 Å². The van der Waals surface area contributed by atoms with Crippen LogP contribution in [0.25, 0.3) is 11.0 Å². The van der Waals surface area contributed by atoms with Crippen molar-refractivity contribution >= 4 is 16.9 Å². The van der Waals surface area contributed by atoms with E-state index in [1.54, 1.807) is 7.11 Å². The number of rotatable bonds is 12. The lowest BCUT2D eigenvalue weighted by Gasteiger charge is -2.13. The summed E-state index contributed by atoms with van der Waals surface area (Å²) in [5, 5.41) is 3.04. The van der Waals surface area contributed by atoms with E-state index in [-0.39, 0.29) is 5.91 Å². The van der Waals surface area contributed by atoms with Gasteiger partial charge in [-0.15, -0.1) is 0 Å². The quantitative estimate of drug-likeness (QED) is 0.272. The van der Waals surface area contributed by atoms with Gasteiger partial charge in [-0.3, -0.25) is 4.79 Å². The number of ether oxygens (including phenoxy) is 2. The molecule has 1 aromatic heterocycles. The molecule has 0 aliphatic heterocycles. The number of hydrogen-bond acceptors (Lipinski definition) is 4. The molecule has 0 saturated carbocycles. The second kappa shape index (κ2) is 12.2. The molecule has 0 aliphatic carbocycles. The van der Waals surface area contributed by atoms with Crippen LogP contribution in [0.5, 0.6) is 11.5 Å². The van der Waals surface area contributed by atoms with Gasteiger partial charge in [-0.2, -0.15) is 0 Å². The third-order valence-electron chi connectivity index (χ3n) is 6.36. The molecule has 0 aliphatic rings. The summed E-state index contributed by atoms with van der Waals surface area (Å²) in [6.45, 7) is 6.28. The molecule has 3 aromatic carbocycles. The van der Waals surface area contributed by atoms with E-state index in [0.717, 1.165) is 53.3 Å². The van der Waals surface area contributed by atoms with Crippen molar-refractivity contribution in [2.75, 3.05) is 20.3 Å². The van der Waals surface area contributed by atoms with E-state index in [1.165, 1.54) is 11.1 Å². The molecular formula is C30H35N3O3. The first-order valence-electron chi connectivity index (χ1n) is 12.6. The van der Waals surface area contributed by atoms with Gasteiger partial charge in [0.25, 0.3) is 0 Å². The molecule has 36 heavy (non-hydrogen) atoms. The molecule has 6 heteroatoms. The maximum absolute atomic E-state index is 12.4. The van der Waals surface area contributed by atoms with Crippen LogP contribution >= 0.6 is 0 Å². The second-order valence-electron chi connectivity index (χ2n) is 9.07. The Morgan fingerprint density at radius 3 is 2.44 bits per heavy atom. The SMILES string of the molecule is COc1ccc(CC(=O)NCCc2nc3ccccc3n2CCCCOc2c(C)cccc2C)cc1. The first-order valence-corrected chi connectivity index (χ1v) is 12.6. The summed E-state index contributed by atoms with van der Waals surface area (Å²) in [4.78, 5) is 17.3. The van der Waals surface area contributed by atoms with Gasteiger partial charge in [-0.05, 0) is 67.6 Å². The Hall–Kier alpha value is -3.80. The molecule has 4 rings (SSSR count).